The van der Waals surface area contributed by atoms with Gasteiger partial charge in [-0.15, -0.1) is 0 Å². The van der Waals surface area contributed by atoms with Gasteiger partial charge < -0.3 is 10.6 Å². The van der Waals surface area contributed by atoms with Gasteiger partial charge >= 0.3 is 0 Å². The summed E-state index contributed by atoms with van der Waals surface area (Å²) >= 11 is 0. The molecule has 0 saturated heterocycles. The van der Waals surface area contributed by atoms with E-state index >= 15 is 0 Å². The number of hydrogen-bond acceptors (Lipinski definition) is 2. The summed E-state index contributed by atoms with van der Waals surface area (Å²) < 4.78 is 27.8. The predicted octanol–water partition coefficient (Wildman–Crippen LogP) is 3.29. The van der Waals surface area contributed by atoms with Crippen molar-refractivity contribution in [3.63, 3.8) is 0 Å². The lowest BCUT2D eigenvalue weighted by molar-refractivity contribution is 0.487. The van der Waals surface area contributed by atoms with Crippen LogP contribution in [0.5, 0.6) is 0 Å². The maximum atomic E-state index is 14.0. The Kier molecular flexibility index (Phi) is 5.08. The number of hydrogen-bond donors (Lipinski definition) is 1. The van der Waals surface area contributed by atoms with Crippen LogP contribution in [0.1, 0.15) is 33.3 Å². The molecule has 0 heterocycles. The molecule has 2 N–H and O–H groups in total. The van der Waals surface area contributed by atoms with Gasteiger partial charge in [0.2, 0.25) is 0 Å². The van der Waals surface area contributed by atoms with Crippen LogP contribution in [0.3, 0.4) is 0 Å². The molecule has 0 spiro atoms. The third-order valence-electron chi connectivity index (χ3n) is 2.86. The second-order valence-corrected chi connectivity index (χ2v) is 5.22. The topological polar surface area (TPSA) is 29.3 Å². The van der Waals surface area contributed by atoms with Crippen molar-refractivity contribution in [2.45, 2.75) is 40.3 Å². The van der Waals surface area contributed by atoms with Gasteiger partial charge in [-0.05, 0) is 25.8 Å². The summed E-state index contributed by atoms with van der Waals surface area (Å²) in [4.78, 5) is 1.88. The zero-order valence-electron chi connectivity index (χ0n) is 11.5. The van der Waals surface area contributed by atoms with E-state index in [-0.39, 0.29) is 18.2 Å². The Morgan fingerprint density at radius 3 is 2.17 bits per heavy atom. The van der Waals surface area contributed by atoms with Crippen molar-refractivity contribution < 1.29 is 8.78 Å². The van der Waals surface area contributed by atoms with Gasteiger partial charge in [-0.25, -0.2) is 8.78 Å². The van der Waals surface area contributed by atoms with Crippen LogP contribution < -0.4 is 10.6 Å². The number of halogens is 2. The molecule has 0 aromatic heterocycles. The molecule has 18 heavy (non-hydrogen) atoms. The third-order valence-corrected chi connectivity index (χ3v) is 2.86. The largest absolute Gasteiger partial charge is 0.366 e. The average molecular weight is 256 g/mol. The standard InChI is InChI=1S/C14H22F2N2/c1-9(2)8-18(10(3)4)12-6-5-11(7-17)13(15)14(12)16/h5-6,9-10H,7-8,17H2,1-4H3. The lowest BCUT2D eigenvalue weighted by Gasteiger charge is -2.31. The Morgan fingerprint density at radius 2 is 1.72 bits per heavy atom. The molecule has 102 valence electrons. The fraction of sp³-hybridized carbons (Fsp3) is 0.571. The van der Waals surface area contributed by atoms with Gasteiger partial charge in [0, 0.05) is 24.7 Å². The van der Waals surface area contributed by atoms with Crippen LogP contribution in [0.4, 0.5) is 14.5 Å². The van der Waals surface area contributed by atoms with Gasteiger partial charge in [0.25, 0.3) is 0 Å². The fourth-order valence-corrected chi connectivity index (χ4v) is 1.94. The minimum absolute atomic E-state index is 0.00882. The van der Waals surface area contributed by atoms with Crippen molar-refractivity contribution >= 4 is 5.69 Å². The second-order valence-electron chi connectivity index (χ2n) is 5.22. The van der Waals surface area contributed by atoms with E-state index in [0.717, 1.165) is 0 Å². The van der Waals surface area contributed by atoms with Crippen molar-refractivity contribution in [3.05, 3.63) is 29.3 Å². The number of rotatable bonds is 5. The summed E-state index contributed by atoms with van der Waals surface area (Å²) in [5.41, 5.74) is 5.89. The molecule has 0 aliphatic rings. The second kappa shape index (κ2) is 6.14. The maximum Gasteiger partial charge on any atom is 0.182 e. The molecule has 0 saturated carbocycles. The molecule has 1 aromatic carbocycles. The molecule has 0 aliphatic carbocycles. The fourth-order valence-electron chi connectivity index (χ4n) is 1.94. The summed E-state index contributed by atoms with van der Waals surface area (Å²) in [5.74, 6) is -1.25. The number of nitrogens with zero attached hydrogens (tertiary/aromatic N) is 1. The molecule has 4 heteroatoms. The van der Waals surface area contributed by atoms with Crippen molar-refractivity contribution in [3.8, 4) is 0 Å². The maximum absolute atomic E-state index is 14.0. The molecule has 0 amide bonds. The van der Waals surface area contributed by atoms with Crippen molar-refractivity contribution in [1.82, 2.24) is 0 Å². The molecule has 0 atom stereocenters. The van der Waals surface area contributed by atoms with Crippen LogP contribution in [0.2, 0.25) is 0 Å². The summed E-state index contributed by atoms with van der Waals surface area (Å²) in [6.07, 6.45) is 0. The summed E-state index contributed by atoms with van der Waals surface area (Å²) in [5, 5.41) is 0. The Balaban J connectivity index is 3.17. The molecule has 0 radical (unpaired) electrons. The summed E-state index contributed by atoms with van der Waals surface area (Å²) in [6.45, 7) is 8.74. The van der Waals surface area contributed by atoms with Gasteiger partial charge in [0.05, 0.1) is 5.69 Å². The van der Waals surface area contributed by atoms with E-state index in [0.29, 0.717) is 18.2 Å². The van der Waals surface area contributed by atoms with Crippen molar-refractivity contribution in [1.29, 1.82) is 0 Å². The lowest BCUT2D eigenvalue weighted by atomic mass is 10.1. The first-order valence-corrected chi connectivity index (χ1v) is 6.32. The van der Waals surface area contributed by atoms with Crippen molar-refractivity contribution in [2.75, 3.05) is 11.4 Å². The van der Waals surface area contributed by atoms with E-state index in [1.54, 1.807) is 12.1 Å². The number of nitrogens with two attached hydrogens (primary N) is 1. The molecule has 1 aromatic rings. The normalized spacial score (nSPS) is 11.4. The molecule has 0 unspecified atom stereocenters. The van der Waals surface area contributed by atoms with Crippen LogP contribution in [0.25, 0.3) is 0 Å². The number of anilines is 1. The minimum atomic E-state index is -0.829. The van der Waals surface area contributed by atoms with Crippen LogP contribution in [0, 0.1) is 17.6 Å². The van der Waals surface area contributed by atoms with E-state index in [2.05, 4.69) is 13.8 Å². The highest BCUT2D eigenvalue weighted by molar-refractivity contribution is 5.50. The molecule has 0 fully saturated rings. The van der Waals surface area contributed by atoms with Gasteiger partial charge in [0.15, 0.2) is 11.6 Å². The van der Waals surface area contributed by atoms with E-state index < -0.39 is 11.6 Å². The Hall–Kier alpha value is -1.16. The minimum Gasteiger partial charge on any atom is -0.366 e. The zero-order valence-corrected chi connectivity index (χ0v) is 11.5. The lowest BCUT2D eigenvalue weighted by Crippen LogP contribution is -2.35. The van der Waals surface area contributed by atoms with E-state index in [1.165, 1.54) is 0 Å². The Bertz CT molecular complexity index is 403. The Labute approximate surface area is 108 Å². The quantitative estimate of drug-likeness (QED) is 0.876. The third kappa shape index (κ3) is 3.19. The SMILES string of the molecule is CC(C)CN(c1ccc(CN)c(F)c1F)C(C)C. The molecule has 1 rings (SSSR count). The van der Waals surface area contributed by atoms with Crippen LogP contribution in [-0.2, 0) is 6.54 Å². The van der Waals surface area contributed by atoms with E-state index in [9.17, 15) is 8.78 Å². The Morgan fingerprint density at radius 1 is 1.11 bits per heavy atom. The average Bonchev–Trinajstić information content (AvgIpc) is 2.29. The molecular weight excluding hydrogens is 234 g/mol. The first-order chi connectivity index (χ1) is 8.38. The monoisotopic (exact) mass is 256 g/mol. The van der Waals surface area contributed by atoms with E-state index in [1.807, 2.05) is 18.7 Å². The van der Waals surface area contributed by atoms with Crippen molar-refractivity contribution in [2.24, 2.45) is 11.7 Å². The van der Waals surface area contributed by atoms with Gasteiger partial charge in [-0.3, -0.25) is 0 Å². The molecule has 2 nitrogen and oxygen atoms in total. The van der Waals surface area contributed by atoms with Gasteiger partial charge in [-0.1, -0.05) is 19.9 Å². The zero-order chi connectivity index (χ0) is 13.9. The smallest absolute Gasteiger partial charge is 0.182 e. The summed E-state index contributed by atoms with van der Waals surface area (Å²) in [6, 6.07) is 3.29. The molecule has 0 aliphatic heterocycles. The first kappa shape index (κ1) is 14.9. The molecular formula is C14H22F2N2. The first-order valence-electron chi connectivity index (χ1n) is 6.32. The van der Waals surface area contributed by atoms with Crippen LogP contribution >= 0.6 is 0 Å². The highest BCUT2D eigenvalue weighted by atomic mass is 19.2. The highest BCUT2D eigenvalue weighted by Gasteiger charge is 2.20. The van der Waals surface area contributed by atoms with Crippen LogP contribution in [0.15, 0.2) is 12.1 Å². The summed E-state index contributed by atoms with van der Waals surface area (Å²) in [7, 11) is 0. The van der Waals surface area contributed by atoms with Gasteiger partial charge in [0.1, 0.15) is 0 Å². The van der Waals surface area contributed by atoms with Crippen LogP contribution in [-0.4, -0.2) is 12.6 Å². The van der Waals surface area contributed by atoms with E-state index in [4.69, 9.17) is 5.73 Å². The molecule has 0 bridgehead atoms. The predicted molar refractivity (Wildman–Crippen MR) is 71.6 cm³/mol. The van der Waals surface area contributed by atoms with Gasteiger partial charge in [-0.2, -0.15) is 0 Å². The number of benzene rings is 1. The highest BCUT2D eigenvalue weighted by Crippen LogP contribution is 2.26.